The molecule has 1 fully saturated rings. The summed E-state index contributed by atoms with van der Waals surface area (Å²) in [6.07, 6.45) is 4.74. The highest BCUT2D eigenvalue weighted by Crippen LogP contribution is 2.21. The molecule has 6 heteroatoms. The Hall–Kier alpha value is -1.33. The minimum atomic E-state index is -0.136. The second kappa shape index (κ2) is 4.67. The number of aromatic nitrogens is 1. The van der Waals surface area contributed by atoms with Gasteiger partial charge in [-0.15, -0.1) is 0 Å². The molecule has 0 spiro atoms. The number of hydrazine groups is 1. The van der Waals surface area contributed by atoms with Crippen LogP contribution in [-0.2, 0) is 0 Å². The van der Waals surface area contributed by atoms with Gasteiger partial charge in [0, 0.05) is 12.2 Å². The van der Waals surface area contributed by atoms with Crippen LogP contribution in [0, 0.1) is 0 Å². The molecule has 0 aliphatic heterocycles. The number of nitrogens with two attached hydrogens (primary N) is 1. The van der Waals surface area contributed by atoms with Gasteiger partial charge in [-0.1, -0.05) is 11.6 Å². The van der Waals surface area contributed by atoms with Crippen LogP contribution in [-0.4, -0.2) is 16.9 Å². The highest BCUT2D eigenvalue weighted by atomic mass is 35.5. The summed E-state index contributed by atoms with van der Waals surface area (Å²) in [5.41, 5.74) is 2.80. The van der Waals surface area contributed by atoms with Crippen LogP contribution >= 0.6 is 11.6 Å². The Balaban J connectivity index is 2.07. The number of nitrogens with zero attached hydrogens (tertiary/aromatic N) is 1. The average Bonchev–Trinajstić information content (AvgIpc) is 2.23. The molecule has 0 bridgehead atoms. The lowest BCUT2D eigenvalue weighted by Crippen LogP contribution is -2.39. The molecular formula is C10H13ClN4O. The Morgan fingerprint density at radius 2 is 2.31 bits per heavy atom. The molecule has 2 rings (SSSR count). The third-order valence-electron chi connectivity index (χ3n) is 2.68. The van der Waals surface area contributed by atoms with E-state index in [-0.39, 0.29) is 5.91 Å². The van der Waals surface area contributed by atoms with Crippen LogP contribution in [0.25, 0.3) is 0 Å². The van der Waals surface area contributed by atoms with Crippen molar-refractivity contribution in [1.29, 1.82) is 0 Å². The van der Waals surface area contributed by atoms with Gasteiger partial charge in [-0.05, 0) is 25.3 Å². The highest BCUT2D eigenvalue weighted by molar-refractivity contribution is 6.33. The van der Waals surface area contributed by atoms with Crippen molar-refractivity contribution in [2.75, 3.05) is 5.43 Å². The van der Waals surface area contributed by atoms with Crippen molar-refractivity contribution in [3.8, 4) is 0 Å². The second-order valence-corrected chi connectivity index (χ2v) is 4.21. The Labute approximate surface area is 98.3 Å². The molecule has 16 heavy (non-hydrogen) atoms. The van der Waals surface area contributed by atoms with Crippen LogP contribution in [0.5, 0.6) is 0 Å². The van der Waals surface area contributed by atoms with E-state index in [9.17, 15) is 4.79 Å². The van der Waals surface area contributed by atoms with E-state index in [0.29, 0.717) is 22.4 Å². The predicted molar refractivity (Wildman–Crippen MR) is 62.2 cm³/mol. The molecule has 1 aromatic heterocycles. The van der Waals surface area contributed by atoms with Gasteiger partial charge in [0.1, 0.15) is 0 Å². The molecule has 0 unspecified atom stereocenters. The first-order chi connectivity index (χ1) is 7.70. The van der Waals surface area contributed by atoms with Gasteiger partial charge >= 0.3 is 0 Å². The van der Waals surface area contributed by atoms with Gasteiger partial charge in [0.25, 0.3) is 5.91 Å². The van der Waals surface area contributed by atoms with Crippen LogP contribution in [0.2, 0.25) is 5.02 Å². The Bertz CT molecular complexity index is 406. The van der Waals surface area contributed by atoms with E-state index in [1.807, 2.05) is 0 Å². The molecule has 1 aromatic rings. The van der Waals surface area contributed by atoms with E-state index in [1.54, 1.807) is 6.07 Å². The summed E-state index contributed by atoms with van der Waals surface area (Å²) < 4.78 is 0. The molecule has 1 aliphatic rings. The Morgan fingerprint density at radius 3 is 2.81 bits per heavy atom. The molecule has 86 valence electrons. The lowest BCUT2D eigenvalue weighted by molar-refractivity contribution is 0.0916. The lowest BCUT2D eigenvalue weighted by atomic mass is 9.93. The number of rotatable bonds is 3. The smallest absolute Gasteiger partial charge is 0.253 e. The minimum absolute atomic E-state index is 0.136. The van der Waals surface area contributed by atoms with E-state index in [4.69, 9.17) is 17.4 Å². The predicted octanol–water partition coefficient (Wildman–Crippen LogP) is 1.30. The lowest BCUT2D eigenvalue weighted by Gasteiger charge is -2.26. The van der Waals surface area contributed by atoms with E-state index in [0.717, 1.165) is 12.8 Å². The van der Waals surface area contributed by atoms with Gasteiger partial charge in [-0.3, -0.25) is 4.79 Å². The number of halogens is 1. The zero-order valence-electron chi connectivity index (χ0n) is 8.66. The van der Waals surface area contributed by atoms with Gasteiger partial charge < -0.3 is 10.7 Å². The van der Waals surface area contributed by atoms with E-state index in [1.165, 1.54) is 12.6 Å². The fourth-order valence-corrected chi connectivity index (χ4v) is 1.71. The van der Waals surface area contributed by atoms with Gasteiger partial charge in [0.05, 0.1) is 10.6 Å². The first-order valence-corrected chi connectivity index (χ1v) is 5.51. The minimum Gasteiger partial charge on any atom is -0.349 e. The number of nitrogen functional groups attached to an aromatic ring is 1. The second-order valence-electron chi connectivity index (χ2n) is 3.80. The molecule has 0 saturated heterocycles. The van der Waals surface area contributed by atoms with Crippen molar-refractivity contribution in [1.82, 2.24) is 10.3 Å². The summed E-state index contributed by atoms with van der Waals surface area (Å²) in [6.45, 7) is 0. The average molecular weight is 241 g/mol. The third kappa shape index (κ3) is 2.25. The topological polar surface area (TPSA) is 80.0 Å². The monoisotopic (exact) mass is 240 g/mol. The van der Waals surface area contributed by atoms with Gasteiger partial charge in [-0.25, -0.2) is 10.8 Å². The van der Waals surface area contributed by atoms with Crippen LogP contribution in [0.3, 0.4) is 0 Å². The molecule has 1 amide bonds. The van der Waals surface area contributed by atoms with Gasteiger partial charge in [-0.2, -0.15) is 0 Å². The third-order valence-corrected chi connectivity index (χ3v) is 2.97. The number of anilines is 1. The number of hydrogen-bond acceptors (Lipinski definition) is 4. The number of amides is 1. The molecule has 0 radical (unpaired) electrons. The highest BCUT2D eigenvalue weighted by Gasteiger charge is 2.20. The van der Waals surface area contributed by atoms with Crippen molar-refractivity contribution in [2.45, 2.75) is 25.3 Å². The summed E-state index contributed by atoms with van der Waals surface area (Å²) in [6, 6.07) is 1.86. The standard InChI is InChI=1S/C10H13ClN4O/c11-8-4-6(5-13-9(8)15-12)10(16)14-7-2-1-3-7/h4-5,7H,1-3,12H2,(H,13,15)(H,14,16). The number of nitrogens with one attached hydrogen (secondary N) is 2. The zero-order chi connectivity index (χ0) is 11.5. The van der Waals surface area contributed by atoms with Crippen LogP contribution < -0.4 is 16.6 Å². The zero-order valence-corrected chi connectivity index (χ0v) is 9.42. The maximum atomic E-state index is 11.7. The van der Waals surface area contributed by atoms with E-state index >= 15 is 0 Å². The van der Waals surface area contributed by atoms with Crippen molar-refractivity contribution in [2.24, 2.45) is 5.84 Å². The maximum absolute atomic E-state index is 11.7. The summed E-state index contributed by atoms with van der Waals surface area (Å²) >= 11 is 5.87. The Kier molecular flexibility index (Phi) is 3.26. The summed E-state index contributed by atoms with van der Waals surface area (Å²) in [5.74, 6) is 5.42. The summed E-state index contributed by atoms with van der Waals surface area (Å²) in [5, 5.41) is 3.24. The molecular weight excluding hydrogens is 228 g/mol. The number of hydrogen-bond donors (Lipinski definition) is 3. The van der Waals surface area contributed by atoms with Crippen LogP contribution in [0.1, 0.15) is 29.6 Å². The first kappa shape index (κ1) is 11.2. The van der Waals surface area contributed by atoms with Gasteiger partial charge in [0.2, 0.25) is 0 Å². The van der Waals surface area contributed by atoms with Crippen molar-refractivity contribution in [3.05, 3.63) is 22.8 Å². The Morgan fingerprint density at radius 1 is 1.56 bits per heavy atom. The molecule has 1 aliphatic carbocycles. The molecule has 1 heterocycles. The van der Waals surface area contributed by atoms with Gasteiger partial charge in [0.15, 0.2) is 5.82 Å². The summed E-state index contributed by atoms with van der Waals surface area (Å²) in [4.78, 5) is 15.7. The van der Waals surface area contributed by atoms with Crippen molar-refractivity contribution < 1.29 is 4.79 Å². The molecule has 0 atom stereocenters. The molecule has 4 N–H and O–H groups in total. The fraction of sp³-hybridized carbons (Fsp3) is 0.400. The van der Waals surface area contributed by atoms with Crippen molar-refractivity contribution in [3.63, 3.8) is 0 Å². The van der Waals surface area contributed by atoms with Crippen molar-refractivity contribution >= 4 is 23.3 Å². The van der Waals surface area contributed by atoms with Crippen LogP contribution in [0.4, 0.5) is 5.82 Å². The SMILES string of the molecule is NNc1ncc(C(=O)NC2CCC2)cc1Cl. The molecule has 5 nitrogen and oxygen atoms in total. The van der Waals surface area contributed by atoms with E-state index in [2.05, 4.69) is 15.7 Å². The largest absolute Gasteiger partial charge is 0.349 e. The maximum Gasteiger partial charge on any atom is 0.253 e. The molecule has 1 saturated carbocycles. The number of carbonyl (C=O) groups excluding carboxylic acids is 1. The molecule has 0 aromatic carbocycles. The fourth-order valence-electron chi connectivity index (χ4n) is 1.49. The normalized spacial score (nSPS) is 15.4. The quantitative estimate of drug-likeness (QED) is 0.550. The number of carbonyl (C=O) groups is 1. The summed E-state index contributed by atoms with van der Waals surface area (Å²) in [7, 11) is 0. The number of pyridine rings is 1. The van der Waals surface area contributed by atoms with Crippen LogP contribution in [0.15, 0.2) is 12.3 Å². The first-order valence-electron chi connectivity index (χ1n) is 5.13. The van der Waals surface area contributed by atoms with E-state index < -0.39 is 0 Å².